The van der Waals surface area contributed by atoms with E-state index >= 15 is 0 Å². The highest BCUT2D eigenvalue weighted by Crippen LogP contribution is 2.46. The maximum Gasteiger partial charge on any atom is 0.215 e. The minimum Gasteiger partial charge on any atom is -0.313 e. The van der Waals surface area contributed by atoms with Crippen molar-refractivity contribution < 1.29 is 0 Å². The lowest BCUT2D eigenvalue weighted by atomic mass is 9.99. The molecular weight excluding hydrogens is 488 g/mol. The van der Waals surface area contributed by atoms with Crippen molar-refractivity contribution in [2.45, 2.75) is 0 Å². The molecule has 40 heavy (non-hydrogen) atoms. The molecule has 9 rings (SSSR count). The summed E-state index contributed by atoms with van der Waals surface area (Å²) < 4.78 is 7.03. The van der Waals surface area contributed by atoms with Gasteiger partial charge in [0.15, 0.2) is 0 Å². The van der Waals surface area contributed by atoms with Gasteiger partial charge in [0.05, 0.1) is 33.1 Å². The second-order valence-electron chi connectivity index (χ2n) is 10.5. The number of aryl methyl sites for hydroxylation is 1. The number of para-hydroxylation sites is 5. The second-order valence-corrected chi connectivity index (χ2v) is 10.5. The minimum absolute atomic E-state index is 0.920. The van der Waals surface area contributed by atoms with Gasteiger partial charge in [0.1, 0.15) is 0 Å². The predicted molar refractivity (Wildman–Crippen MR) is 167 cm³/mol. The topological polar surface area (TPSA) is 27.7 Å². The molecule has 3 aromatic heterocycles. The summed E-state index contributed by atoms with van der Waals surface area (Å²) in [5.74, 6) is 0.920. The summed E-state index contributed by atoms with van der Waals surface area (Å²) >= 11 is 0. The molecule has 9 aromatic rings. The first-order valence-corrected chi connectivity index (χ1v) is 13.7. The number of fused-ring (bicyclic) bond motifs is 11. The van der Waals surface area contributed by atoms with Crippen LogP contribution in [0.4, 0.5) is 0 Å². The van der Waals surface area contributed by atoms with Gasteiger partial charge in [-0.15, -0.1) is 0 Å². The third kappa shape index (κ3) is 2.67. The van der Waals surface area contributed by atoms with E-state index in [1.165, 1.54) is 48.9 Å². The van der Waals surface area contributed by atoms with Crippen LogP contribution < -0.4 is 0 Å². The third-order valence-corrected chi connectivity index (χ3v) is 8.41. The Labute approximate surface area is 229 Å². The Hall–Kier alpha value is -5.35. The molecule has 0 aliphatic heterocycles. The molecule has 4 nitrogen and oxygen atoms in total. The molecule has 0 amide bonds. The Kier molecular flexibility index (Phi) is 4.23. The average Bonchev–Trinajstić information content (AvgIpc) is 3.65. The van der Waals surface area contributed by atoms with E-state index in [2.05, 4.69) is 148 Å². The van der Waals surface area contributed by atoms with E-state index in [0.29, 0.717) is 0 Å². The number of benzene rings is 6. The van der Waals surface area contributed by atoms with Crippen molar-refractivity contribution in [3.05, 3.63) is 127 Å². The summed E-state index contributed by atoms with van der Waals surface area (Å²) in [6.07, 6.45) is 0. The van der Waals surface area contributed by atoms with Crippen LogP contribution in [0.3, 0.4) is 0 Å². The Balaban J connectivity index is 1.61. The van der Waals surface area contributed by atoms with Crippen molar-refractivity contribution in [1.29, 1.82) is 0 Å². The number of nitrogens with zero attached hydrogens (tertiary/aromatic N) is 4. The van der Waals surface area contributed by atoms with Gasteiger partial charge in [-0.2, -0.15) is 0 Å². The van der Waals surface area contributed by atoms with Crippen LogP contribution in [0.15, 0.2) is 127 Å². The van der Waals surface area contributed by atoms with Gasteiger partial charge in [0.25, 0.3) is 0 Å². The summed E-state index contributed by atoms with van der Waals surface area (Å²) in [4.78, 5) is 5.18. The van der Waals surface area contributed by atoms with E-state index in [4.69, 9.17) is 4.98 Å². The quantitative estimate of drug-likeness (QED) is 0.227. The summed E-state index contributed by atoms with van der Waals surface area (Å²) in [5.41, 5.74) is 8.08. The fourth-order valence-corrected chi connectivity index (χ4v) is 6.78. The van der Waals surface area contributed by atoms with Gasteiger partial charge in [-0.05, 0) is 36.4 Å². The molecule has 3 heterocycles. The standard InChI is InChI=1S/C36H24N4/c1-38-31-22-12-9-19-28(31)37-36(38)40-30-21-11-8-18-27(30)33-32-26-17-7-10-20-29(26)39(23-13-3-2-4-14-23)34(32)24-15-5-6-16-25(24)35(33)40/h2-22H,1H3. The van der Waals surface area contributed by atoms with Crippen molar-refractivity contribution in [3.8, 4) is 11.6 Å². The van der Waals surface area contributed by atoms with Crippen LogP contribution in [0.1, 0.15) is 0 Å². The number of rotatable bonds is 2. The first-order valence-electron chi connectivity index (χ1n) is 13.7. The van der Waals surface area contributed by atoms with Crippen molar-refractivity contribution in [1.82, 2.24) is 18.7 Å². The van der Waals surface area contributed by atoms with Crippen LogP contribution in [0.25, 0.3) is 77.1 Å². The highest BCUT2D eigenvalue weighted by molar-refractivity contribution is 6.37. The van der Waals surface area contributed by atoms with E-state index in [1.54, 1.807) is 0 Å². The predicted octanol–water partition coefficient (Wildman–Crippen LogP) is 8.92. The Morgan fingerprint density at radius 1 is 0.450 bits per heavy atom. The number of hydrogen-bond acceptors (Lipinski definition) is 1. The van der Waals surface area contributed by atoms with Gasteiger partial charge in [0, 0.05) is 45.1 Å². The molecule has 0 spiro atoms. The van der Waals surface area contributed by atoms with Gasteiger partial charge < -0.3 is 9.13 Å². The summed E-state index contributed by atoms with van der Waals surface area (Å²) in [7, 11) is 2.12. The lowest BCUT2D eigenvalue weighted by Crippen LogP contribution is -2.03. The fourth-order valence-electron chi connectivity index (χ4n) is 6.78. The first-order chi connectivity index (χ1) is 19.8. The molecule has 0 saturated carbocycles. The van der Waals surface area contributed by atoms with Crippen molar-refractivity contribution in [2.24, 2.45) is 7.05 Å². The molecule has 0 atom stereocenters. The van der Waals surface area contributed by atoms with E-state index in [-0.39, 0.29) is 0 Å². The Morgan fingerprint density at radius 3 is 1.55 bits per heavy atom. The molecule has 0 bridgehead atoms. The minimum atomic E-state index is 0.920. The van der Waals surface area contributed by atoms with E-state index in [0.717, 1.165) is 28.2 Å². The second kappa shape index (κ2) is 7.84. The maximum atomic E-state index is 5.18. The van der Waals surface area contributed by atoms with Crippen molar-refractivity contribution >= 4 is 65.4 Å². The monoisotopic (exact) mass is 512 g/mol. The van der Waals surface area contributed by atoms with Crippen LogP contribution in [0, 0.1) is 0 Å². The van der Waals surface area contributed by atoms with Gasteiger partial charge in [0.2, 0.25) is 5.95 Å². The van der Waals surface area contributed by atoms with E-state index < -0.39 is 0 Å². The van der Waals surface area contributed by atoms with Gasteiger partial charge >= 0.3 is 0 Å². The average molecular weight is 513 g/mol. The number of imidazole rings is 1. The van der Waals surface area contributed by atoms with Crippen LogP contribution in [0.5, 0.6) is 0 Å². The van der Waals surface area contributed by atoms with E-state index in [9.17, 15) is 0 Å². The Morgan fingerprint density at radius 2 is 0.925 bits per heavy atom. The molecule has 0 fully saturated rings. The van der Waals surface area contributed by atoms with Crippen molar-refractivity contribution in [3.63, 3.8) is 0 Å². The molecule has 6 aromatic carbocycles. The molecule has 0 N–H and O–H groups in total. The van der Waals surface area contributed by atoms with Crippen LogP contribution >= 0.6 is 0 Å². The molecule has 4 heteroatoms. The smallest absolute Gasteiger partial charge is 0.215 e. The van der Waals surface area contributed by atoms with Gasteiger partial charge in [-0.25, -0.2) is 4.98 Å². The molecule has 188 valence electrons. The summed E-state index contributed by atoms with van der Waals surface area (Å²) in [5, 5.41) is 7.48. The summed E-state index contributed by atoms with van der Waals surface area (Å²) in [6.45, 7) is 0. The van der Waals surface area contributed by atoms with Crippen LogP contribution in [-0.2, 0) is 7.05 Å². The lowest BCUT2D eigenvalue weighted by molar-refractivity contribution is 0.871. The zero-order valence-corrected chi connectivity index (χ0v) is 21.9. The molecule has 0 radical (unpaired) electrons. The number of hydrogen-bond donors (Lipinski definition) is 0. The first kappa shape index (κ1) is 21.6. The molecule has 0 aliphatic carbocycles. The maximum absolute atomic E-state index is 5.18. The largest absolute Gasteiger partial charge is 0.313 e. The zero-order chi connectivity index (χ0) is 26.4. The molecular formula is C36H24N4. The van der Waals surface area contributed by atoms with E-state index in [1.807, 2.05) is 0 Å². The highest BCUT2D eigenvalue weighted by atomic mass is 15.2. The molecule has 0 saturated heterocycles. The number of aromatic nitrogens is 4. The van der Waals surface area contributed by atoms with Gasteiger partial charge in [-0.3, -0.25) is 4.57 Å². The molecule has 0 unspecified atom stereocenters. The van der Waals surface area contributed by atoms with Crippen molar-refractivity contribution in [2.75, 3.05) is 0 Å². The molecule has 0 aliphatic rings. The zero-order valence-electron chi connectivity index (χ0n) is 21.9. The fraction of sp³-hybridized carbons (Fsp3) is 0.0278. The van der Waals surface area contributed by atoms with Crippen LogP contribution in [-0.4, -0.2) is 18.7 Å². The highest BCUT2D eigenvalue weighted by Gasteiger charge is 2.25. The third-order valence-electron chi connectivity index (χ3n) is 8.41. The Bertz CT molecular complexity index is 2440. The SMILES string of the molecule is Cn1c(-n2c3ccccc3c3c4c5ccccc5n(-c5ccccc5)c4c4ccccc4c32)nc2ccccc21. The summed E-state index contributed by atoms with van der Waals surface area (Å²) in [6, 6.07) is 45.5. The van der Waals surface area contributed by atoms with Crippen LogP contribution in [0.2, 0.25) is 0 Å². The van der Waals surface area contributed by atoms with Gasteiger partial charge in [-0.1, -0.05) is 91.0 Å². The lowest BCUT2D eigenvalue weighted by Gasteiger charge is -2.13. The normalized spacial score (nSPS) is 12.1.